The first-order chi connectivity index (χ1) is 12.2. The molecule has 6 heteroatoms. The molecule has 1 aliphatic rings. The molecule has 1 aliphatic heterocycles. The summed E-state index contributed by atoms with van der Waals surface area (Å²) >= 11 is 0. The lowest BCUT2D eigenvalue weighted by atomic mass is 10.1. The molecule has 25 heavy (non-hydrogen) atoms. The quantitative estimate of drug-likeness (QED) is 0.686. The number of H-pyrrole nitrogens is 1. The smallest absolute Gasteiger partial charge is 0.271 e. The van der Waals surface area contributed by atoms with Gasteiger partial charge >= 0.3 is 0 Å². The van der Waals surface area contributed by atoms with Crippen molar-refractivity contribution < 1.29 is 4.79 Å². The second-order valence-corrected chi connectivity index (χ2v) is 6.46. The van der Waals surface area contributed by atoms with E-state index in [0.29, 0.717) is 11.4 Å². The maximum absolute atomic E-state index is 12.5. The highest BCUT2D eigenvalue weighted by Crippen LogP contribution is 2.28. The van der Waals surface area contributed by atoms with E-state index in [1.165, 1.54) is 6.20 Å². The zero-order valence-electron chi connectivity index (χ0n) is 14.2. The van der Waals surface area contributed by atoms with Gasteiger partial charge in [-0.3, -0.25) is 9.78 Å². The molecule has 1 aromatic carbocycles. The lowest BCUT2D eigenvalue weighted by molar-refractivity contribution is 0.0924. The van der Waals surface area contributed by atoms with Gasteiger partial charge in [-0.1, -0.05) is 18.2 Å². The maximum Gasteiger partial charge on any atom is 0.271 e. The van der Waals surface area contributed by atoms with Crippen molar-refractivity contribution in [3.05, 3.63) is 47.9 Å². The van der Waals surface area contributed by atoms with Gasteiger partial charge in [0, 0.05) is 16.9 Å². The number of carbonyl (C=O) groups is 1. The molecule has 2 aromatic heterocycles. The van der Waals surface area contributed by atoms with Crippen LogP contribution < -0.4 is 10.6 Å². The predicted molar refractivity (Wildman–Crippen MR) is 97.4 cm³/mol. The average Bonchev–Trinajstić information content (AvgIpc) is 3.00. The van der Waals surface area contributed by atoms with Gasteiger partial charge in [0.2, 0.25) is 0 Å². The zero-order valence-corrected chi connectivity index (χ0v) is 14.2. The SMILES string of the molecule is Cc1c(-c2cncc(C(=O)NC3CCNCC3)n2)[nH]c2ccccc12. The third kappa shape index (κ3) is 3.13. The molecular weight excluding hydrogens is 314 g/mol. The molecule has 6 nitrogen and oxygen atoms in total. The van der Waals surface area contributed by atoms with Gasteiger partial charge in [-0.15, -0.1) is 0 Å². The van der Waals surface area contributed by atoms with Gasteiger partial charge < -0.3 is 15.6 Å². The number of rotatable bonds is 3. The number of hydrogen-bond acceptors (Lipinski definition) is 4. The van der Waals surface area contributed by atoms with Crippen molar-refractivity contribution in [2.45, 2.75) is 25.8 Å². The number of fused-ring (bicyclic) bond motifs is 1. The van der Waals surface area contributed by atoms with E-state index in [1.807, 2.05) is 18.2 Å². The van der Waals surface area contributed by atoms with E-state index in [2.05, 4.69) is 38.6 Å². The van der Waals surface area contributed by atoms with Crippen molar-refractivity contribution in [1.82, 2.24) is 25.6 Å². The summed E-state index contributed by atoms with van der Waals surface area (Å²) in [5.74, 6) is -0.157. The van der Waals surface area contributed by atoms with Crippen LogP contribution in [0, 0.1) is 6.92 Å². The van der Waals surface area contributed by atoms with E-state index in [0.717, 1.165) is 48.1 Å². The number of aryl methyl sites for hydroxylation is 1. The van der Waals surface area contributed by atoms with Crippen LogP contribution in [0.5, 0.6) is 0 Å². The second-order valence-electron chi connectivity index (χ2n) is 6.46. The van der Waals surface area contributed by atoms with E-state index in [1.54, 1.807) is 6.20 Å². The van der Waals surface area contributed by atoms with Gasteiger partial charge in [0.05, 0.1) is 18.1 Å². The first-order valence-electron chi connectivity index (χ1n) is 8.63. The normalized spacial score (nSPS) is 15.4. The molecule has 0 saturated carbocycles. The maximum atomic E-state index is 12.5. The molecule has 0 spiro atoms. The minimum atomic E-state index is -0.157. The highest BCUT2D eigenvalue weighted by molar-refractivity contribution is 5.93. The highest BCUT2D eigenvalue weighted by Gasteiger charge is 2.18. The van der Waals surface area contributed by atoms with Gasteiger partial charge in [-0.2, -0.15) is 0 Å². The molecule has 3 heterocycles. The molecular formula is C19H21N5O. The Morgan fingerprint density at radius 2 is 2.00 bits per heavy atom. The number of nitrogens with one attached hydrogen (secondary N) is 3. The zero-order chi connectivity index (χ0) is 17.2. The molecule has 0 aliphatic carbocycles. The molecule has 0 unspecified atom stereocenters. The van der Waals surface area contributed by atoms with Crippen LogP contribution in [0.1, 0.15) is 28.9 Å². The predicted octanol–water partition coefficient (Wildman–Crippen LogP) is 2.42. The number of amides is 1. The molecule has 3 aromatic rings. The molecule has 128 valence electrons. The Kier molecular flexibility index (Phi) is 4.19. The fourth-order valence-electron chi connectivity index (χ4n) is 3.36. The summed E-state index contributed by atoms with van der Waals surface area (Å²) in [4.78, 5) is 24.7. The Morgan fingerprint density at radius 3 is 2.80 bits per heavy atom. The average molecular weight is 335 g/mol. The summed E-state index contributed by atoms with van der Waals surface area (Å²) in [6, 6.07) is 8.32. The molecule has 1 amide bonds. The Balaban J connectivity index is 1.62. The van der Waals surface area contributed by atoms with Gasteiger partial charge in [0.15, 0.2) is 0 Å². The fourth-order valence-corrected chi connectivity index (χ4v) is 3.36. The van der Waals surface area contributed by atoms with Crippen LogP contribution in [0.15, 0.2) is 36.7 Å². The number of carbonyl (C=O) groups excluding carboxylic acids is 1. The number of nitrogens with zero attached hydrogens (tertiary/aromatic N) is 2. The Labute approximate surface area is 146 Å². The monoisotopic (exact) mass is 335 g/mol. The van der Waals surface area contributed by atoms with Crippen molar-refractivity contribution >= 4 is 16.8 Å². The van der Waals surface area contributed by atoms with Crippen LogP contribution in [0.3, 0.4) is 0 Å². The van der Waals surface area contributed by atoms with Crippen LogP contribution in [0.2, 0.25) is 0 Å². The van der Waals surface area contributed by atoms with E-state index < -0.39 is 0 Å². The van der Waals surface area contributed by atoms with E-state index in [-0.39, 0.29) is 11.9 Å². The summed E-state index contributed by atoms with van der Waals surface area (Å²) in [6.07, 6.45) is 5.11. The number of aromatic amines is 1. The summed E-state index contributed by atoms with van der Waals surface area (Å²) in [5, 5.41) is 7.51. The summed E-state index contributed by atoms with van der Waals surface area (Å²) < 4.78 is 0. The van der Waals surface area contributed by atoms with Crippen LogP contribution >= 0.6 is 0 Å². The number of aromatic nitrogens is 3. The molecule has 1 saturated heterocycles. The summed E-state index contributed by atoms with van der Waals surface area (Å²) in [7, 11) is 0. The lowest BCUT2D eigenvalue weighted by Crippen LogP contribution is -2.43. The molecule has 3 N–H and O–H groups in total. The van der Waals surface area contributed by atoms with Crippen molar-refractivity contribution in [3.8, 4) is 11.4 Å². The third-order valence-electron chi connectivity index (χ3n) is 4.76. The molecule has 4 rings (SSSR count). The Hall–Kier alpha value is -2.73. The minimum absolute atomic E-state index is 0.157. The third-order valence-corrected chi connectivity index (χ3v) is 4.76. The van der Waals surface area contributed by atoms with Gasteiger partial charge in [-0.25, -0.2) is 4.98 Å². The van der Waals surface area contributed by atoms with Crippen molar-refractivity contribution in [2.24, 2.45) is 0 Å². The topological polar surface area (TPSA) is 82.7 Å². The first kappa shape index (κ1) is 15.8. The number of para-hydroxylation sites is 1. The van der Waals surface area contributed by atoms with E-state index in [9.17, 15) is 4.79 Å². The van der Waals surface area contributed by atoms with Crippen molar-refractivity contribution in [2.75, 3.05) is 13.1 Å². The number of hydrogen-bond donors (Lipinski definition) is 3. The standard InChI is InChI=1S/C19H21N5O/c1-12-14-4-2-3-5-15(14)24-18(12)16-10-21-11-17(23-16)19(25)22-13-6-8-20-9-7-13/h2-5,10-11,13,20,24H,6-9H2,1H3,(H,22,25). The molecule has 0 atom stereocenters. The number of benzene rings is 1. The van der Waals surface area contributed by atoms with Crippen LogP contribution in [-0.2, 0) is 0 Å². The Morgan fingerprint density at radius 1 is 1.20 bits per heavy atom. The minimum Gasteiger partial charge on any atom is -0.353 e. The number of piperidine rings is 1. The van der Waals surface area contributed by atoms with Crippen LogP contribution in [0.25, 0.3) is 22.3 Å². The summed E-state index contributed by atoms with van der Waals surface area (Å²) in [6.45, 7) is 3.92. The lowest BCUT2D eigenvalue weighted by Gasteiger charge is -2.23. The van der Waals surface area contributed by atoms with Crippen molar-refractivity contribution in [3.63, 3.8) is 0 Å². The fraction of sp³-hybridized carbons (Fsp3) is 0.316. The van der Waals surface area contributed by atoms with E-state index in [4.69, 9.17) is 0 Å². The van der Waals surface area contributed by atoms with Crippen LogP contribution in [-0.4, -0.2) is 40.0 Å². The second kappa shape index (κ2) is 6.64. The van der Waals surface area contributed by atoms with Gasteiger partial charge in [-0.05, 0) is 44.5 Å². The Bertz CT molecular complexity index is 911. The van der Waals surface area contributed by atoms with Crippen molar-refractivity contribution in [1.29, 1.82) is 0 Å². The molecule has 1 fully saturated rings. The molecule has 0 bridgehead atoms. The van der Waals surface area contributed by atoms with Crippen LogP contribution in [0.4, 0.5) is 0 Å². The van der Waals surface area contributed by atoms with Gasteiger partial charge in [0.25, 0.3) is 5.91 Å². The van der Waals surface area contributed by atoms with E-state index >= 15 is 0 Å². The summed E-state index contributed by atoms with van der Waals surface area (Å²) in [5.41, 5.74) is 4.12. The highest BCUT2D eigenvalue weighted by atomic mass is 16.1. The largest absolute Gasteiger partial charge is 0.353 e. The molecule has 0 radical (unpaired) electrons. The van der Waals surface area contributed by atoms with Gasteiger partial charge in [0.1, 0.15) is 11.4 Å². The first-order valence-corrected chi connectivity index (χ1v) is 8.63.